The van der Waals surface area contributed by atoms with Gasteiger partial charge in [-0.05, 0) is 53.5 Å². The van der Waals surface area contributed by atoms with Crippen LogP contribution in [0.3, 0.4) is 0 Å². The van der Waals surface area contributed by atoms with Gasteiger partial charge in [0.25, 0.3) is 0 Å². The molecule has 5 nitrogen and oxygen atoms in total. The van der Waals surface area contributed by atoms with Crippen molar-refractivity contribution in [3.63, 3.8) is 0 Å². The summed E-state index contributed by atoms with van der Waals surface area (Å²) in [5.41, 5.74) is 5.38. The quantitative estimate of drug-likeness (QED) is 0.400. The van der Waals surface area contributed by atoms with E-state index < -0.39 is 12.8 Å². The summed E-state index contributed by atoms with van der Waals surface area (Å²) in [4.78, 5) is 15.1. The summed E-state index contributed by atoms with van der Waals surface area (Å²) >= 11 is 5.32. The van der Waals surface area contributed by atoms with Gasteiger partial charge in [-0.2, -0.15) is 0 Å². The van der Waals surface area contributed by atoms with E-state index in [0.29, 0.717) is 18.1 Å². The van der Waals surface area contributed by atoms with Crippen LogP contribution in [0.5, 0.6) is 5.75 Å². The molecule has 1 aliphatic carbocycles. The maximum Gasteiger partial charge on any atom is 0.325 e. The summed E-state index contributed by atoms with van der Waals surface area (Å²) in [5.74, 6) is 0.721. The highest BCUT2D eigenvalue weighted by molar-refractivity contribution is 8.07. The van der Waals surface area contributed by atoms with Crippen molar-refractivity contribution in [2.45, 2.75) is 32.3 Å². The first kappa shape index (κ1) is 22.1. The van der Waals surface area contributed by atoms with Crippen molar-refractivity contribution in [3.8, 4) is 16.9 Å². The lowest BCUT2D eigenvalue weighted by molar-refractivity contribution is 0.147. The van der Waals surface area contributed by atoms with E-state index in [2.05, 4.69) is 29.2 Å². The number of pyridine rings is 1. The third-order valence-electron chi connectivity index (χ3n) is 5.30. The molecule has 3 aromatic rings. The molecule has 0 radical (unpaired) electrons. The summed E-state index contributed by atoms with van der Waals surface area (Å²) in [7, 11) is 0. The summed E-state index contributed by atoms with van der Waals surface area (Å²) in [6.45, 7) is 1.25. The minimum Gasteiger partial charge on any atom is -0.493 e. The van der Waals surface area contributed by atoms with Crippen molar-refractivity contribution in [2.75, 3.05) is 13.2 Å². The fourth-order valence-corrected chi connectivity index (χ4v) is 5.33. The smallest absolute Gasteiger partial charge is 0.325 e. The SMILES string of the molecule is CCCOc1ccnc([C@@H](C)O[P@@](O)(=S)OCC2c3ccccc3-c3ccccc32)c1. The van der Waals surface area contributed by atoms with E-state index in [1.165, 1.54) is 22.3 Å². The van der Waals surface area contributed by atoms with Gasteiger partial charge >= 0.3 is 6.72 Å². The Balaban J connectivity index is 1.45. The zero-order valence-electron chi connectivity index (χ0n) is 17.6. The van der Waals surface area contributed by atoms with Crippen LogP contribution in [0.4, 0.5) is 0 Å². The van der Waals surface area contributed by atoms with Gasteiger partial charge in [-0.1, -0.05) is 55.5 Å². The van der Waals surface area contributed by atoms with Crippen LogP contribution in [0.2, 0.25) is 0 Å². The largest absolute Gasteiger partial charge is 0.493 e. The van der Waals surface area contributed by atoms with Crippen LogP contribution in [0.15, 0.2) is 66.9 Å². The van der Waals surface area contributed by atoms with E-state index in [1.807, 2.05) is 31.2 Å². The fraction of sp³-hybridized carbons (Fsp3) is 0.292. The zero-order valence-corrected chi connectivity index (χ0v) is 19.3. The van der Waals surface area contributed by atoms with Gasteiger partial charge in [0.05, 0.1) is 18.9 Å². The van der Waals surface area contributed by atoms with Crippen LogP contribution in [0.1, 0.15) is 49.1 Å². The van der Waals surface area contributed by atoms with E-state index in [0.717, 1.165) is 6.42 Å². The number of benzene rings is 2. The minimum absolute atomic E-state index is 0.00433. The second-order valence-electron chi connectivity index (χ2n) is 7.50. The second-order valence-corrected chi connectivity index (χ2v) is 10.3. The molecule has 0 bridgehead atoms. The average Bonchev–Trinajstić information content (AvgIpc) is 3.10. The third kappa shape index (κ3) is 5.05. The Bertz CT molecular complexity index is 1060. The van der Waals surface area contributed by atoms with Crippen molar-refractivity contribution in [2.24, 2.45) is 0 Å². The van der Waals surface area contributed by atoms with Crippen molar-refractivity contribution >= 4 is 18.5 Å². The Morgan fingerprint density at radius 2 is 1.71 bits per heavy atom. The minimum atomic E-state index is -3.47. The van der Waals surface area contributed by atoms with Gasteiger partial charge in [-0.25, -0.2) is 0 Å². The van der Waals surface area contributed by atoms with Crippen LogP contribution in [0, 0.1) is 0 Å². The van der Waals surface area contributed by atoms with Crippen molar-refractivity contribution in [1.82, 2.24) is 4.98 Å². The normalized spacial score (nSPS) is 15.7. The van der Waals surface area contributed by atoms with Gasteiger partial charge in [0.2, 0.25) is 0 Å². The second kappa shape index (κ2) is 9.60. The van der Waals surface area contributed by atoms with Crippen molar-refractivity contribution in [3.05, 3.63) is 83.7 Å². The van der Waals surface area contributed by atoms with Gasteiger partial charge in [-0.3, -0.25) is 9.51 Å². The van der Waals surface area contributed by atoms with E-state index in [9.17, 15) is 4.89 Å². The molecule has 4 rings (SSSR count). The number of nitrogens with zero attached hydrogens (tertiary/aromatic N) is 1. The Hall–Kier alpha value is -2.08. The van der Waals surface area contributed by atoms with Crippen LogP contribution in [-0.2, 0) is 20.9 Å². The highest BCUT2D eigenvalue weighted by atomic mass is 32.5. The third-order valence-corrected chi connectivity index (χ3v) is 6.93. The molecule has 1 aliphatic rings. The van der Waals surface area contributed by atoms with Crippen LogP contribution < -0.4 is 4.74 Å². The van der Waals surface area contributed by atoms with Crippen molar-refractivity contribution in [1.29, 1.82) is 0 Å². The molecular weight excluding hydrogens is 429 g/mol. The molecule has 1 N–H and O–H groups in total. The van der Waals surface area contributed by atoms with Gasteiger partial charge < -0.3 is 14.2 Å². The zero-order chi connectivity index (χ0) is 21.8. The Kier molecular flexibility index (Phi) is 6.85. The number of hydrogen-bond donors (Lipinski definition) is 1. The molecule has 0 saturated heterocycles. The topological polar surface area (TPSA) is 60.8 Å². The first-order valence-electron chi connectivity index (χ1n) is 10.4. The van der Waals surface area contributed by atoms with Gasteiger partial charge in [0, 0.05) is 18.2 Å². The summed E-state index contributed by atoms with van der Waals surface area (Å²) in [6.07, 6.45) is 2.06. The molecule has 2 atom stereocenters. The molecule has 1 aromatic heterocycles. The van der Waals surface area contributed by atoms with Gasteiger partial charge in [0.1, 0.15) is 11.9 Å². The Morgan fingerprint density at radius 1 is 1.06 bits per heavy atom. The number of hydrogen-bond acceptors (Lipinski definition) is 5. The number of aromatic nitrogens is 1. The van der Waals surface area contributed by atoms with Gasteiger partial charge in [-0.15, -0.1) is 0 Å². The van der Waals surface area contributed by atoms with E-state index in [-0.39, 0.29) is 12.5 Å². The maximum absolute atomic E-state index is 10.7. The Morgan fingerprint density at radius 3 is 2.35 bits per heavy atom. The maximum atomic E-state index is 10.7. The molecule has 0 saturated carbocycles. The standard InChI is InChI=1S/C24H26NO4PS/c1-3-14-27-18-12-13-25-24(15-18)17(2)29-30(26,31)28-16-23-21-10-6-4-8-19(21)20-9-5-7-11-22(20)23/h4-13,15,17,23H,3,14,16H2,1-2H3,(H,26,31)/t17-,30+/m1/s1. The summed E-state index contributed by atoms with van der Waals surface area (Å²) < 4.78 is 17.2. The van der Waals surface area contributed by atoms with Gasteiger partial charge in [0.15, 0.2) is 0 Å². The van der Waals surface area contributed by atoms with E-state index in [4.69, 9.17) is 25.6 Å². The molecule has 1 heterocycles. The molecule has 162 valence electrons. The van der Waals surface area contributed by atoms with Crippen molar-refractivity contribution < 1.29 is 18.7 Å². The first-order chi connectivity index (χ1) is 15.0. The lowest BCUT2D eigenvalue weighted by atomic mass is 9.98. The number of ether oxygens (including phenoxy) is 1. The lowest BCUT2D eigenvalue weighted by Gasteiger charge is -2.23. The molecule has 2 aromatic carbocycles. The lowest BCUT2D eigenvalue weighted by Crippen LogP contribution is -2.09. The van der Waals surface area contributed by atoms with Crippen LogP contribution >= 0.6 is 6.72 Å². The number of rotatable bonds is 9. The number of fused-ring (bicyclic) bond motifs is 3. The van der Waals surface area contributed by atoms with E-state index in [1.54, 1.807) is 25.3 Å². The Labute approximate surface area is 188 Å². The fourth-order valence-electron chi connectivity index (χ4n) is 3.85. The predicted molar refractivity (Wildman–Crippen MR) is 126 cm³/mol. The monoisotopic (exact) mass is 455 g/mol. The molecule has 0 spiro atoms. The molecule has 0 unspecified atom stereocenters. The molecule has 7 heteroatoms. The van der Waals surface area contributed by atoms with Crippen LogP contribution in [0.25, 0.3) is 11.1 Å². The highest BCUT2D eigenvalue weighted by Gasteiger charge is 2.31. The average molecular weight is 456 g/mol. The molecule has 0 fully saturated rings. The van der Waals surface area contributed by atoms with E-state index >= 15 is 0 Å². The molecule has 31 heavy (non-hydrogen) atoms. The first-order valence-corrected chi connectivity index (χ1v) is 13.0. The molecule has 0 aliphatic heterocycles. The van der Waals surface area contributed by atoms with Crippen LogP contribution in [-0.4, -0.2) is 23.1 Å². The summed E-state index contributed by atoms with van der Waals surface area (Å²) in [5, 5.41) is 0. The molecule has 0 amide bonds. The molecular formula is C24H26NO4PS. The predicted octanol–water partition coefficient (Wildman–Crippen LogP) is 5.99. The highest BCUT2D eigenvalue weighted by Crippen LogP contribution is 2.51. The summed E-state index contributed by atoms with van der Waals surface area (Å²) in [6, 6.07) is 20.1.